The average Bonchev–Trinajstić information content (AvgIpc) is 3.33. The van der Waals surface area contributed by atoms with E-state index in [1.165, 1.54) is 30.1 Å². The van der Waals surface area contributed by atoms with Crippen LogP contribution in [0.15, 0.2) is 36.5 Å². The summed E-state index contributed by atoms with van der Waals surface area (Å²) in [4.78, 5) is 12.5. The zero-order chi connectivity index (χ0) is 19.7. The van der Waals surface area contributed by atoms with E-state index < -0.39 is 11.9 Å². The lowest BCUT2D eigenvalue weighted by Gasteiger charge is -2.24. The first-order chi connectivity index (χ1) is 13.4. The molecule has 2 aromatic rings. The molecule has 2 aliphatic rings. The largest absolute Gasteiger partial charge is 0.435 e. The predicted octanol–water partition coefficient (Wildman–Crippen LogP) is 3.85. The Balaban J connectivity index is 0.00000240. The number of hydrogen-bond acceptors (Lipinski definition) is 3. The number of carbonyl (C=O) groups is 1. The molecule has 0 spiro atoms. The number of hydrogen-bond donors (Lipinski definition) is 2. The fraction of sp³-hybridized carbons (Fsp3) is 0.500. The van der Waals surface area contributed by atoms with Crippen molar-refractivity contribution in [2.75, 3.05) is 0 Å². The molecule has 29 heavy (non-hydrogen) atoms. The quantitative estimate of drug-likeness (QED) is 0.777. The zero-order valence-electron chi connectivity index (χ0n) is 15.8. The summed E-state index contributed by atoms with van der Waals surface area (Å²) >= 11 is 0. The van der Waals surface area contributed by atoms with E-state index in [1.807, 2.05) is 0 Å². The summed E-state index contributed by atoms with van der Waals surface area (Å²) in [5, 5.41) is 9.98. The molecular formula is C20H24ClF3N4O. The predicted molar refractivity (Wildman–Crippen MR) is 105 cm³/mol. The molecule has 5 nitrogen and oxygen atoms in total. The molecule has 2 fully saturated rings. The summed E-state index contributed by atoms with van der Waals surface area (Å²) in [5.41, 5.74) is 0.497. The van der Waals surface area contributed by atoms with Crippen LogP contribution in [0.2, 0.25) is 0 Å². The van der Waals surface area contributed by atoms with Gasteiger partial charge >= 0.3 is 6.18 Å². The first-order valence-corrected chi connectivity index (χ1v) is 9.66. The highest BCUT2D eigenvalue weighted by molar-refractivity contribution is 5.85. The fourth-order valence-corrected chi connectivity index (χ4v) is 4.22. The maximum Gasteiger partial charge on any atom is 0.435 e. The molecule has 2 N–H and O–H groups in total. The van der Waals surface area contributed by atoms with Crippen LogP contribution in [0.3, 0.4) is 0 Å². The molecule has 9 heteroatoms. The average molecular weight is 429 g/mol. The third-order valence-corrected chi connectivity index (χ3v) is 5.73. The van der Waals surface area contributed by atoms with E-state index in [1.54, 1.807) is 24.3 Å². The number of nitrogens with one attached hydrogen (secondary N) is 2. The van der Waals surface area contributed by atoms with E-state index in [9.17, 15) is 18.0 Å². The molecule has 1 saturated carbocycles. The number of halogens is 4. The summed E-state index contributed by atoms with van der Waals surface area (Å²) in [6.45, 7) is 0.388. The van der Waals surface area contributed by atoms with Gasteiger partial charge in [0.2, 0.25) is 5.91 Å². The summed E-state index contributed by atoms with van der Waals surface area (Å²) in [6, 6.07) is 8.24. The zero-order valence-corrected chi connectivity index (χ0v) is 16.6. The van der Waals surface area contributed by atoms with Crippen molar-refractivity contribution >= 4 is 18.3 Å². The van der Waals surface area contributed by atoms with Gasteiger partial charge in [0.1, 0.15) is 0 Å². The monoisotopic (exact) mass is 428 g/mol. The highest BCUT2D eigenvalue weighted by atomic mass is 35.5. The lowest BCUT2D eigenvalue weighted by atomic mass is 9.85. The molecule has 3 unspecified atom stereocenters. The highest BCUT2D eigenvalue weighted by Crippen LogP contribution is 2.33. The smallest absolute Gasteiger partial charge is 0.351 e. The van der Waals surface area contributed by atoms with Crippen LogP contribution >= 0.6 is 12.4 Å². The SMILES string of the molecule is Cl.O=C(NCc1ccc(-n2ccc(C(F)(F)F)n2)cc1)C1CC2CCCCC2N1. The number of aromatic nitrogens is 2. The van der Waals surface area contributed by atoms with Crippen LogP contribution in [0.1, 0.15) is 43.4 Å². The summed E-state index contributed by atoms with van der Waals surface area (Å²) in [5.74, 6) is 0.625. The van der Waals surface area contributed by atoms with Gasteiger partial charge in [0.25, 0.3) is 0 Å². The second kappa shape index (κ2) is 8.75. The van der Waals surface area contributed by atoms with Crippen LogP contribution in [-0.4, -0.2) is 27.8 Å². The van der Waals surface area contributed by atoms with Gasteiger partial charge in [0, 0.05) is 18.8 Å². The first-order valence-electron chi connectivity index (χ1n) is 9.66. The van der Waals surface area contributed by atoms with E-state index in [0.717, 1.165) is 24.5 Å². The van der Waals surface area contributed by atoms with Crippen molar-refractivity contribution in [3.63, 3.8) is 0 Å². The third kappa shape index (κ3) is 4.93. The van der Waals surface area contributed by atoms with Crippen molar-refractivity contribution in [2.45, 2.75) is 56.9 Å². The van der Waals surface area contributed by atoms with Gasteiger partial charge in [-0.15, -0.1) is 12.4 Å². The van der Waals surface area contributed by atoms with Gasteiger partial charge in [-0.05, 0) is 48.9 Å². The van der Waals surface area contributed by atoms with Crippen molar-refractivity contribution in [3.05, 3.63) is 47.8 Å². The molecule has 1 aliphatic carbocycles. The minimum Gasteiger partial charge on any atom is -0.351 e. The Labute approximate surface area is 173 Å². The number of benzene rings is 1. The highest BCUT2D eigenvalue weighted by Gasteiger charge is 2.38. The van der Waals surface area contributed by atoms with E-state index >= 15 is 0 Å². The maximum atomic E-state index is 12.7. The molecule has 1 amide bonds. The van der Waals surface area contributed by atoms with Crippen molar-refractivity contribution in [3.8, 4) is 5.69 Å². The lowest BCUT2D eigenvalue weighted by Crippen LogP contribution is -2.42. The summed E-state index contributed by atoms with van der Waals surface area (Å²) in [7, 11) is 0. The number of amides is 1. The van der Waals surface area contributed by atoms with Crippen LogP contribution in [0.4, 0.5) is 13.2 Å². The second-order valence-corrected chi connectivity index (χ2v) is 7.63. The van der Waals surface area contributed by atoms with Gasteiger partial charge in [-0.25, -0.2) is 4.68 Å². The summed E-state index contributed by atoms with van der Waals surface area (Å²) < 4.78 is 39.2. The van der Waals surface area contributed by atoms with Crippen LogP contribution in [0.25, 0.3) is 5.69 Å². The van der Waals surface area contributed by atoms with Gasteiger partial charge in [-0.2, -0.15) is 18.3 Å². The number of alkyl halides is 3. The molecule has 1 aromatic heterocycles. The minimum absolute atomic E-state index is 0. The van der Waals surface area contributed by atoms with Crippen molar-refractivity contribution in [1.29, 1.82) is 0 Å². The molecule has 0 radical (unpaired) electrons. The Bertz CT molecular complexity index is 823. The molecule has 2 heterocycles. The van der Waals surface area contributed by atoms with Gasteiger partial charge in [-0.1, -0.05) is 25.0 Å². The Kier molecular flexibility index (Phi) is 6.53. The van der Waals surface area contributed by atoms with Crippen LogP contribution in [-0.2, 0) is 17.5 Å². The molecule has 1 saturated heterocycles. The minimum atomic E-state index is -4.46. The van der Waals surface area contributed by atoms with Crippen LogP contribution in [0.5, 0.6) is 0 Å². The maximum absolute atomic E-state index is 12.7. The first kappa shape index (κ1) is 21.6. The summed E-state index contributed by atoms with van der Waals surface area (Å²) in [6.07, 6.45) is 2.56. The molecule has 4 rings (SSSR count). The second-order valence-electron chi connectivity index (χ2n) is 7.63. The molecular weight excluding hydrogens is 405 g/mol. The topological polar surface area (TPSA) is 59.0 Å². The van der Waals surface area contributed by atoms with E-state index in [2.05, 4.69) is 15.7 Å². The van der Waals surface area contributed by atoms with E-state index in [-0.39, 0.29) is 24.4 Å². The molecule has 1 aromatic carbocycles. The van der Waals surface area contributed by atoms with Gasteiger partial charge in [-0.3, -0.25) is 4.79 Å². The molecule has 0 bridgehead atoms. The number of fused-ring (bicyclic) bond motifs is 1. The number of rotatable bonds is 4. The standard InChI is InChI=1S/C20H23F3N4O.ClH/c21-20(22,23)18-9-10-27(26-18)15-7-5-13(6-8-15)12-24-19(28)17-11-14-3-1-2-4-16(14)25-17;/h5-10,14,16-17,25H,1-4,11-12H2,(H,24,28);1H. The Morgan fingerprint density at radius 2 is 1.90 bits per heavy atom. The number of nitrogens with zero attached hydrogens (tertiary/aromatic N) is 2. The Hall–Kier alpha value is -2.06. The Morgan fingerprint density at radius 3 is 2.55 bits per heavy atom. The van der Waals surface area contributed by atoms with Gasteiger partial charge < -0.3 is 10.6 Å². The number of carbonyl (C=O) groups excluding carboxylic acids is 1. The van der Waals surface area contributed by atoms with E-state index in [4.69, 9.17) is 0 Å². The van der Waals surface area contributed by atoms with Gasteiger partial charge in [0.15, 0.2) is 5.69 Å². The lowest BCUT2D eigenvalue weighted by molar-refractivity contribution is -0.141. The van der Waals surface area contributed by atoms with Crippen LogP contribution < -0.4 is 10.6 Å². The molecule has 158 valence electrons. The Morgan fingerprint density at radius 1 is 1.17 bits per heavy atom. The van der Waals surface area contributed by atoms with Crippen molar-refractivity contribution < 1.29 is 18.0 Å². The van der Waals surface area contributed by atoms with Crippen molar-refractivity contribution in [1.82, 2.24) is 20.4 Å². The normalized spacial score (nSPS) is 23.9. The van der Waals surface area contributed by atoms with Crippen LogP contribution in [0, 0.1) is 5.92 Å². The van der Waals surface area contributed by atoms with Gasteiger partial charge in [0.05, 0.1) is 11.7 Å². The fourth-order valence-electron chi connectivity index (χ4n) is 4.22. The molecule has 3 atom stereocenters. The molecule has 1 aliphatic heterocycles. The third-order valence-electron chi connectivity index (χ3n) is 5.73. The van der Waals surface area contributed by atoms with E-state index in [0.29, 0.717) is 24.2 Å². The van der Waals surface area contributed by atoms with Crippen molar-refractivity contribution in [2.24, 2.45) is 5.92 Å².